The van der Waals surface area contributed by atoms with Crippen molar-refractivity contribution in [3.05, 3.63) is 108 Å². The standard InChI is InChI=1S/C60H75F2N7O18/c1-31-47(72)51(76)52(77)59(81-31)87-53-41(68-26-39(63-65-68)35-15-8-17-37(61)24-35)21-33(30-80-58-50(75)46(48(73)44(28-70)84-58)69-27-40(64-66-69)36-16-9-18-38(62)25-36)23-42(53)83-60-55(86-57(79)34-13-6-3-7-14-34)54(49(74)45(29-71)85-60)82-43(56(78)67-19-10-20-67)22-32-11-4-2-5-12-32/h3,6-9,13-18,24-27,31-33,41-55,58-60,70-77H,2,4-5,10-12,19-23,28-30H2,1H3/t31?,33?,41?,42-,43+,44?,45?,46?,47-,48-,49+,50?,51?,52?,53?,54?,55?,58+,59+,60-/m1/s1. The largest absolute Gasteiger partial charge is 0.450 e. The van der Waals surface area contributed by atoms with E-state index >= 15 is 0 Å². The van der Waals surface area contributed by atoms with Crippen molar-refractivity contribution < 1.29 is 97.1 Å². The number of ether oxygens (including phenoxy) is 8. The zero-order valence-corrected chi connectivity index (χ0v) is 47.7. The van der Waals surface area contributed by atoms with Crippen LogP contribution < -0.4 is 0 Å². The van der Waals surface area contributed by atoms with Gasteiger partial charge in [0.15, 0.2) is 25.0 Å². The van der Waals surface area contributed by atoms with E-state index in [1.165, 1.54) is 77.2 Å². The molecule has 8 N–H and O–H groups in total. The molecule has 2 saturated carbocycles. The Balaban J connectivity index is 0.964. The minimum Gasteiger partial charge on any atom is -0.450 e. The number of aliphatic hydroxyl groups excluding tert-OH is 8. The van der Waals surface area contributed by atoms with Crippen LogP contribution in [0.15, 0.2) is 91.3 Å². The average molecular weight is 1220 g/mol. The number of rotatable bonds is 20. The SMILES string of the molecule is CC1O[C@@H](OC2C(n3cc(-c4cccc(F)c4)nn3)CC(CO[C@H]3OC(CO)[C@@H](O)C(n4cc(-c5cccc(F)c5)nn4)C3O)C[C@H]2O[C@@H]2OC(CO)[C@H](O)C(O[C@@H](CC3CCCCC3)C(=O)N3CCC3)C2OC(=O)c2ccccc2)C(O)C(O)[C@@H]1O. The number of aliphatic hydroxyl groups is 8. The monoisotopic (exact) mass is 1220 g/mol. The molecule has 6 aliphatic rings. The van der Waals surface area contributed by atoms with Gasteiger partial charge in [-0.3, -0.25) is 4.79 Å². The predicted octanol–water partition coefficient (Wildman–Crippen LogP) is 1.99. The van der Waals surface area contributed by atoms with Gasteiger partial charge in [-0.25, -0.2) is 22.9 Å². The third-order valence-electron chi connectivity index (χ3n) is 17.6. The summed E-state index contributed by atoms with van der Waals surface area (Å²) in [6.07, 6.45) is -17.6. The first-order chi connectivity index (χ1) is 42.0. The highest BCUT2D eigenvalue weighted by Gasteiger charge is 2.55. The van der Waals surface area contributed by atoms with Crippen LogP contribution in [0.4, 0.5) is 8.78 Å². The van der Waals surface area contributed by atoms with E-state index in [0.717, 1.165) is 38.5 Å². The first kappa shape index (κ1) is 62.7. The summed E-state index contributed by atoms with van der Waals surface area (Å²) < 4.78 is 83.5. The molecule has 1 amide bonds. The van der Waals surface area contributed by atoms with E-state index < -0.39 is 153 Å². The van der Waals surface area contributed by atoms with Crippen LogP contribution in [0, 0.1) is 23.5 Å². The number of carbonyl (C=O) groups is 2. The summed E-state index contributed by atoms with van der Waals surface area (Å²) in [6.45, 7) is 0.619. The van der Waals surface area contributed by atoms with Crippen LogP contribution >= 0.6 is 0 Å². The van der Waals surface area contributed by atoms with E-state index in [4.69, 9.17) is 37.9 Å². The van der Waals surface area contributed by atoms with Crippen LogP contribution in [0.3, 0.4) is 0 Å². The predicted molar refractivity (Wildman–Crippen MR) is 296 cm³/mol. The quantitative estimate of drug-likeness (QED) is 0.0517. The fourth-order valence-electron chi connectivity index (χ4n) is 12.7. The molecule has 87 heavy (non-hydrogen) atoms. The molecule has 472 valence electrons. The summed E-state index contributed by atoms with van der Waals surface area (Å²) in [6, 6.07) is 16.8. The zero-order chi connectivity index (χ0) is 61.0. The average Bonchev–Trinajstić information content (AvgIpc) is 2.15. The second kappa shape index (κ2) is 27.9. The molecule has 20 atom stereocenters. The van der Waals surface area contributed by atoms with E-state index in [-0.39, 0.29) is 48.2 Å². The van der Waals surface area contributed by atoms with E-state index in [9.17, 15) is 59.2 Å². The molecule has 27 heteroatoms. The second-order valence-corrected chi connectivity index (χ2v) is 23.5. The molecule has 4 aliphatic heterocycles. The van der Waals surface area contributed by atoms with Gasteiger partial charge in [0, 0.05) is 24.2 Å². The van der Waals surface area contributed by atoms with Gasteiger partial charge in [0.05, 0.1) is 56.0 Å². The van der Waals surface area contributed by atoms with Crippen molar-refractivity contribution in [2.24, 2.45) is 11.8 Å². The summed E-state index contributed by atoms with van der Waals surface area (Å²) in [4.78, 5) is 30.5. The third kappa shape index (κ3) is 14.0. The molecule has 3 aromatic carbocycles. The maximum absolute atomic E-state index is 14.8. The Morgan fingerprint density at radius 3 is 1.93 bits per heavy atom. The van der Waals surface area contributed by atoms with Crippen LogP contribution in [-0.4, -0.2) is 225 Å². The van der Waals surface area contributed by atoms with Gasteiger partial charge in [-0.1, -0.05) is 85.0 Å². The molecule has 0 bridgehead atoms. The van der Waals surface area contributed by atoms with Crippen LogP contribution in [0.2, 0.25) is 0 Å². The molecular weight excluding hydrogens is 1140 g/mol. The Morgan fingerprint density at radius 1 is 0.644 bits per heavy atom. The number of nitrogens with zero attached hydrogens (tertiary/aromatic N) is 7. The minimum absolute atomic E-state index is 0.0293. The molecule has 2 aliphatic carbocycles. The number of aromatic nitrogens is 6. The van der Waals surface area contributed by atoms with Crippen LogP contribution in [0.1, 0.15) is 87.2 Å². The molecule has 25 nitrogen and oxygen atoms in total. The highest BCUT2D eigenvalue weighted by Crippen LogP contribution is 2.43. The summed E-state index contributed by atoms with van der Waals surface area (Å²) in [5.41, 5.74) is 1.24. The Morgan fingerprint density at radius 2 is 1.29 bits per heavy atom. The topological polar surface area (TPSA) is 334 Å². The van der Waals surface area contributed by atoms with E-state index in [1.54, 1.807) is 35.2 Å². The normalized spacial score (nSPS) is 34.5. The first-order valence-corrected chi connectivity index (χ1v) is 29.8. The van der Waals surface area contributed by atoms with Crippen molar-refractivity contribution in [2.45, 2.75) is 181 Å². The highest BCUT2D eigenvalue weighted by molar-refractivity contribution is 5.89. The number of amides is 1. The number of benzene rings is 3. The molecule has 4 saturated heterocycles. The number of carbonyl (C=O) groups excluding carboxylic acids is 2. The van der Waals surface area contributed by atoms with Gasteiger partial charge < -0.3 is 83.6 Å². The van der Waals surface area contributed by atoms with E-state index in [0.29, 0.717) is 30.6 Å². The maximum atomic E-state index is 14.8. The van der Waals surface area contributed by atoms with Gasteiger partial charge >= 0.3 is 5.97 Å². The van der Waals surface area contributed by atoms with Crippen molar-refractivity contribution in [3.8, 4) is 22.5 Å². The van der Waals surface area contributed by atoms with Crippen LogP contribution in [-0.2, 0) is 42.7 Å². The second-order valence-electron chi connectivity index (χ2n) is 23.5. The lowest BCUT2D eigenvalue weighted by atomic mass is 9.81. The Bertz CT molecular complexity index is 3070. The lowest BCUT2D eigenvalue weighted by molar-refractivity contribution is -0.350. The van der Waals surface area contributed by atoms with Gasteiger partial charge in [-0.2, -0.15) is 0 Å². The molecule has 2 aromatic heterocycles. The van der Waals surface area contributed by atoms with Crippen LogP contribution in [0.5, 0.6) is 0 Å². The van der Waals surface area contributed by atoms with Gasteiger partial charge in [-0.15, -0.1) is 10.2 Å². The van der Waals surface area contributed by atoms with Crippen molar-refractivity contribution in [3.63, 3.8) is 0 Å². The van der Waals surface area contributed by atoms with Crippen LogP contribution in [0.25, 0.3) is 22.5 Å². The Hall–Kier alpha value is -5.86. The van der Waals surface area contributed by atoms with Gasteiger partial charge in [-0.05, 0) is 80.8 Å². The highest BCUT2D eigenvalue weighted by atomic mass is 19.1. The fraction of sp³-hybridized carbons (Fsp3) is 0.600. The summed E-state index contributed by atoms with van der Waals surface area (Å²) in [5.74, 6) is -2.92. The number of likely N-dealkylation sites (tertiary alicyclic amines) is 1. The smallest absolute Gasteiger partial charge is 0.338 e. The molecule has 11 rings (SSSR count). The lowest BCUT2D eigenvalue weighted by Crippen LogP contribution is -2.64. The van der Waals surface area contributed by atoms with Gasteiger partial charge in [0.2, 0.25) is 0 Å². The van der Waals surface area contributed by atoms with Gasteiger partial charge in [0.1, 0.15) is 96.2 Å². The number of hydrogen-bond acceptors (Lipinski definition) is 22. The first-order valence-electron chi connectivity index (χ1n) is 29.8. The molecule has 0 radical (unpaired) electrons. The number of halogens is 2. The van der Waals surface area contributed by atoms with E-state index in [2.05, 4.69) is 20.6 Å². The number of hydrogen-bond donors (Lipinski definition) is 8. The molecule has 12 unspecified atom stereocenters. The summed E-state index contributed by atoms with van der Waals surface area (Å²) in [5, 5.41) is 108. The molecular formula is C60H75F2N7O18. The summed E-state index contributed by atoms with van der Waals surface area (Å²) in [7, 11) is 0. The Labute approximate surface area is 499 Å². The lowest BCUT2D eigenvalue weighted by Gasteiger charge is -2.49. The van der Waals surface area contributed by atoms with Crippen molar-refractivity contribution in [1.29, 1.82) is 0 Å². The fourth-order valence-corrected chi connectivity index (χ4v) is 12.7. The zero-order valence-electron chi connectivity index (χ0n) is 47.7. The van der Waals surface area contributed by atoms with E-state index in [1.807, 2.05) is 0 Å². The maximum Gasteiger partial charge on any atom is 0.338 e. The summed E-state index contributed by atoms with van der Waals surface area (Å²) >= 11 is 0. The van der Waals surface area contributed by atoms with Crippen molar-refractivity contribution in [1.82, 2.24) is 34.9 Å². The van der Waals surface area contributed by atoms with Gasteiger partial charge in [0.25, 0.3) is 5.91 Å². The molecule has 6 heterocycles. The molecule has 5 aromatic rings. The van der Waals surface area contributed by atoms with Crippen molar-refractivity contribution in [2.75, 3.05) is 32.9 Å². The third-order valence-corrected chi connectivity index (χ3v) is 17.6. The Kier molecular flexibility index (Phi) is 20.1. The van der Waals surface area contributed by atoms with Crippen molar-refractivity contribution >= 4 is 11.9 Å². The molecule has 0 spiro atoms. The number of esters is 1. The minimum atomic E-state index is -1.86. The molecule has 6 fully saturated rings.